The number of hydrogen-bond donors (Lipinski definition) is 2. The molecule has 23 heavy (non-hydrogen) atoms. The Kier molecular flexibility index (Phi) is 3.35. The van der Waals surface area contributed by atoms with Gasteiger partial charge in [-0.05, 0) is 36.8 Å². The molecule has 0 aliphatic carbocycles. The van der Waals surface area contributed by atoms with Gasteiger partial charge in [0.2, 0.25) is 5.78 Å². The van der Waals surface area contributed by atoms with Gasteiger partial charge in [0.15, 0.2) is 0 Å². The Balaban J connectivity index is 2.09. The van der Waals surface area contributed by atoms with Gasteiger partial charge in [0.1, 0.15) is 17.1 Å². The topological polar surface area (TPSA) is 66.0 Å². The number of ketones is 1. The quantitative estimate of drug-likeness (QED) is 0.705. The molecule has 2 heterocycles. The largest absolute Gasteiger partial charge is 0.508 e. The molecule has 3 aromatic rings. The van der Waals surface area contributed by atoms with E-state index in [0.29, 0.717) is 16.5 Å². The number of phenolic OH excluding ortho intramolecular Hbond substituents is 1. The van der Waals surface area contributed by atoms with Gasteiger partial charge >= 0.3 is 6.18 Å². The van der Waals surface area contributed by atoms with Gasteiger partial charge in [-0.25, -0.2) is 4.98 Å². The Morgan fingerprint density at radius 3 is 2.70 bits per heavy atom. The lowest BCUT2D eigenvalue weighted by molar-refractivity contribution is -0.141. The zero-order valence-electron chi connectivity index (χ0n) is 11.9. The number of pyridine rings is 1. The van der Waals surface area contributed by atoms with E-state index in [1.165, 1.54) is 18.3 Å². The molecule has 0 saturated carbocycles. The second-order valence-corrected chi connectivity index (χ2v) is 5.12. The van der Waals surface area contributed by atoms with E-state index in [1.54, 1.807) is 13.0 Å². The number of carbonyl (C=O) groups is 1. The predicted molar refractivity (Wildman–Crippen MR) is 77.4 cm³/mol. The lowest BCUT2D eigenvalue weighted by Crippen LogP contribution is -2.12. The number of nitrogens with zero attached hydrogens (tertiary/aromatic N) is 1. The maximum Gasteiger partial charge on any atom is 0.433 e. The number of alkyl halides is 3. The molecule has 0 saturated heterocycles. The molecule has 0 aliphatic rings. The van der Waals surface area contributed by atoms with Crippen LogP contribution in [0.3, 0.4) is 0 Å². The number of hydrogen-bond acceptors (Lipinski definition) is 3. The summed E-state index contributed by atoms with van der Waals surface area (Å²) >= 11 is 0. The number of aryl methyl sites for hydroxylation is 1. The number of aromatic nitrogens is 2. The fraction of sp³-hybridized carbons (Fsp3) is 0.125. The average Bonchev–Trinajstić information content (AvgIpc) is 2.89. The first-order chi connectivity index (χ1) is 10.8. The van der Waals surface area contributed by atoms with Crippen molar-refractivity contribution in [1.82, 2.24) is 9.97 Å². The summed E-state index contributed by atoms with van der Waals surface area (Å²) in [5.74, 6) is -0.645. The molecule has 0 radical (unpaired) electrons. The number of aromatic amines is 1. The maximum atomic E-state index is 12.7. The van der Waals surface area contributed by atoms with Gasteiger partial charge in [0.05, 0.1) is 0 Å². The summed E-state index contributed by atoms with van der Waals surface area (Å²) in [6, 6.07) is 6.23. The molecule has 0 amide bonds. The third-order valence-corrected chi connectivity index (χ3v) is 3.52. The first-order valence-electron chi connectivity index (χ1n) is 6.67. The molecule has 0 bridgehead atoms. The fourth-order valence-electron chi connectivity index (χ4n) is 2.31. The molecule has 2 N–H and O–H groups in total. The van der Waals surface area contributed by atoms with Gasteiger partial charge in [-0.1, -0.05) is 6.07 Å². The molecule has 0 spiro atoms. The molecule has 0 atom stereocenters. The summed E-state index contributed by atoms with van der Waals surface area (Å²) in [6.07, 6.45) is -3.22. The lowest BCUT2D eigenvalue weighted by Gasteiger charge is -2.07. The summed E-state index contributed by atoms with van der Waals surface area (Å²) in [7, 11) is 0. The SMILES string of the molecule is Cc1cc2[nH]cc(C(=O)c3cccc(C(F)(F)F)n3)c2cc1O. The third-order valence-electron chi connectivity index (χ3n) is 3.52. The Morgan fingerprint density at radius 1 is 1.26 bits per heavy atom. The molecular weight excluding hydrogens is 309 g/mol. The average molecular weight is 320 g/mol. The Labute approximate surface area is 128 Å². The van der Waals surface area contributed by atoms with Gasteiger partial charge in [0, 0.05) is 22.7 Å². The molecule has 2 aromatic heterocycles. The number of H-pyrrole nitrogens is 1. The van der Waals surface area contributed by atoms with Crippen molar-refractivity contribution in [2.24, 2.45) is 0 Å². The monoisotopic (exact) mass is 320 g/mol. The van der Waals surface area contributed by atoms with Crippen molar-refractivity contribution in [3.8, 4) is 5.75 Å². The minimum absolute atomic E-state index is 0.00292. The normalized spacial score (nSPS) is 11.8. The first kappa shape index (κ1) is 15.1. The van der Waals surface area contributed by atoms with E-state index in [2.05, 4.69) is 9.97 Å². The van der Waals surface area contributed by atoms with Crippen LogP contribution < -0.4 is 0 Å². The van der Waals surface area contributed by atoms with Crippen LogP contribution in [0.1, 0.15) is 27.3 Å². The van der Waals surface area contributed by atoms with Crippen molar-refractivity contribution >= 4 is 16.7 Å². The Morgan fingerprint density at radius 2 is 2.00 bits per heavy atom. The molecule has 0 unspecified atom stereocenters. The first-order valence-corrected chi connectivity index (χ1v) is 6.67. The van der Waals surface area contributed by atoms with Crippen molar-refractivity contribution in [3.63, 3.8) is 0 Å². The predicted octanol–water partition coefficient (Wildman–Crippen LogP) is 3.83. The third kappa shape index (κ3) is 2.65. The van der Waals surface area contributed by atoms with E-state index < -0.39 is 17.7 Å². The zero-order valence-corrected chi connectivity index (χ0v) is 11.9. The van der Waals surface area contributed by atoms with Gasteiger partial charge in [-0.2, -0.15) is 13.2 Å². The number of halogens is 3. The van der Waals surface area contributed by atoms with Crippen LogP contribution in [0, 0.1) is 6.92 Å². The molecule has 0 fully saturated rings. The van der Waals surface area contributed by atoms with Crippen LogP contribution in [-0.4, -0.2) is 20.9 Å². The highest BCUT2D eigenvalue weighted by atomic mass is 19.4. The Bertz CT molecular complexity index is 913. The Hall–Kier alpha value is -2.83. The van der Waals surface area contributed by atoms with Crippen LogP contribution >= 0.6 is 0 Å². The van der Waals surface area contributed by atoms with E-state index in [0.717, 1.165) is 12.1 Å². The van der Waals surface area contributed by atoms with Crippen molar-refractivity contribution in [3.05, 3.63) is 59.0 Å². The number of rotatable bonds is 2. The minimum Gasteiger partial charge on any atom is -0.508 e. The van der Waals surface area contributed by atoms with Crippen LogP contribution in [-0.2, 0) is 6.18 Å². The van der Waals surface area contributed by atoms with E-state index in [1.807, 2.05) is 0 Å². The summed E-state index contributed by atoms with van der Waals surface area (Å²) in [5, 5.41) is 10.2. The van der Waals surface area contributed by atoms with E-state index in [4.69, 9.17) is 0 Å². The van der Waals surface area contributed by atoms with Gasteiger partial charge in [-0.15, -0.1) is 0 Å². The lowest BCUT2D eigenvalue weighted by atomic mass is 10.0. The van der Waals surface area contributed by atoms with Crippen LogP contribution in [0.5, 0.6) is 5.75 Å². The second-order valence-electron chi connectivity index (χ2n) is 5.12. The second kappa shape index (κ2) is 5.12. The number of nitrogens with one attached hydrogen (secondary N) is 1. The summed E-state index contributed by atoms with van der Waals surface area (Å²) in [6.45, 7) is 1.70. The number of aromatic hydroxyl groups is 1. The summed E-state index contributed by atoms with van der Waals surface area (Å²) in [4.78, 5) is 18.7. The molecule has 7 heteroatoms. The highest BCUT2D eigenvalue weighted by molar-refractivity contribution is 6.15. The van der Waals surface area contributed by atoms with Crippen molar-refractivity contribution in [1.29, 1.82) is 0 Å². The van der Waals surface area contributed by atoms with Crippen molar-refractivity contribution in [2.75, 3.05) is 0 Å². The molecule has 1 aromatic carbocycles. The molecule has 4 nitrogen and oxygen atoms in total. The van der Waals surface area contributed by atoms with E-state index in [-0.39, 0.29) is 17.0 Å². The van der Waals surface area contributed by atoms with E-state index >= 15 is 0 Å². The summed E-state index contributed by atoms with van der Waals surface area (Å²) < 4.78 is 38.1. The summed E-state index contributed by atoms with van der Waals surface area (Å²) in [5.41, 5.74) is -0.0454. The van der Waals surface area contributed by atoms with Gasteiger partial charge < -0.3 is 10.1 Å². The van der Waals surface area contributed by atoms with Gasteiger partial charge in [-0.3, -0.25) is 4.79 Å². The molecular formula is C16H11F3N2O2. The van der Waals surface area contributed by atoms with Gasteiger partial charge in [0.25, 0.3) is 0 Å². The minimum atomic E-state index is -4.62. The maximum absolute atomic E-state index is 12.7. The van der Waals surface area contributed by atoms with Crippen LogP contribution in [0.4, 0.5) is 13.2 Å². The number of phenols is 1. The van der Waals surface area contributed by atoms with Crippen molar-refractivity contribution in [2.45, 2.75) is 13.1 Å². The van der Waals surface area contributed by atoms with Crippen LogP contribution in [0.2, 0.25) is 0 Å². The van der Waals surface area contributed by atoms with E-state index in [9.17, 15) is 23.1 Å². The highest BCUT2D eigenvalue weighted by Crippen LogP contribution is 2.30. The van der Waals surface area contributed by atoms with Crippen LogP contribution in [0.25, 0.3) is 10.9 Å². The van der Waals surface area contributed by atoms with Crippen LogP contribution in [0.15, 0.2) is 36.5 Å². The smallest absolute Gasteiger partial charge is 0.433 e. The molecule has 3 rings (SSSR count). The molecule has 118 valence electrons. The zero-order chi connectivity index (χ0) is 16.8. The highest BCUT2D eigenvalue weighted by Gasteiger charge is 2.33. The number of carbonyl (C=O) groups excluding carboxylic acids is 1. The standard InChI is InChI=1S/C16H11F3N2O2/c1-8-5-12-9(6-13(8)22)10(7-20-12)15(23)11-3-2-4-14(21-11)16(17,18)19/h2-7,20,22H,1H3. The van der Waals surface area contributed by atoms with Crippen molar-refractivity contribution < 1.29 is 23.1 Å². The number of benzene rings is 1. The number of fused-ring (bicyclic) bond motifs is 1. The fourth-order valence-corrected chi connectivity index (χ4v) is 2.31. The molecule has 0 aliphatic heterocycles.